The predicted octanol–water partition coefficient (Wildman–Crippen LogP) is 1.79. The number of benzene rings is 1. The average Bonchev–Trinajstić information content (AvgIpc) is 3.06. The summed E-state index contributed by atoms with van der Waals surface area (Å²) >= 11 is 6.00. The van der Waals surface area contributed by atoms with Crippen LogP contribution in [-0.4, -0.2) is 44.0 Å². The first-order chi connectivity index (χ1) is 11.0. The highest BCUT2D eigenvalue weighted by atomic mass is 35.5. The highest BCUT2D eigenvalue weighted by Gasteiger charge is 2.30. The number of halogens is 1. The number of nitrogens with zero attached hydrogens (tertiary/aromatic N) is 4. The van der Waals surface area contributed by atoms with Crippen LogP contribution in [0.2, 0.25) is 5.02 Å². The number of aromatic nitrogens is 3. The fraction of sp³-hybridized carbons (Fsp3) is 0.500. The van der Waals surface area contributed by atoms with Gasteiger partial charge in [-0.3, -0.25) is 4.90 Å². The highest BCUT2D eigenvalue weighted by Crippen LogP contribution is 2.30. The Morgan fingerprint density at radius 1 is 1.48 bits per heavy atom. The molecule has 1 saturated heterocycles. The Labute approximate surface area is 140 Å². The second-order valence-electron chi connectivity index (χ2n) is 6.09. The van der Waals surface area contributed by atoms with Gasteiger partial charge >= 0.3 is 0 Å². The minimum atomic E-state index is -0.449. The standard InChI is InChI=1S/C16H22ClN5O/c1-21-16(18)19-15(20-21)14-6-3-7-22(14)10-13(23)9-11-4-2-5-12(17)8-11/h2,4-5,8,13-14,23H,3,6-7,9-10H2,1H3,(H2,18,19,20). The molecule has 0 spiro atoms. The summed E-state index contributed by atoms with van der Waals surface area (Å²) in [5.41, 5.74) is 6.82. The molecule has 1 aliphatic heterocycles. The van der Waals surface area contributed by atoms with Crippen LogP contribution in [0.15, 0.2) is 24.3 Å². The molecule has 6 nitrogen and oxygen atoms in total. The van der Waals surface area contributed by atoms with E-state index in [9.17, 15) is 5.11 Å². The number of likely N-dealkylation sites (tertiary alicyclic amines) is 1. The minimum Gasteiger partial charge on any atom is -0.391 e. The van der Waals surface area contributed by atoms with Gasteiger partial charge in [0.1, 0.15) is 0 Å². The lowest BCUT2D eigenvalue weighted by Crippen LogP contribution is -2.33. The van der Waals surface area contributed by atoms with E-state index in [4.69, 9.17) is 17.3 Å². The quantitative estimate of drug-likeness (QED) is 0.870. The van der Waals surface area contributed by atoms with Crippen LogP contribution < -0.4 is 5.73 Å². The fourth-order valence-corrected chi connectivity index (χ4v) is 3.38. The van der Waals surface area contributed by atoms with E-state index in [-0.39, 0.29) is 6.04 Å². The number of β-amino-alcohol motifs (C(OH)–C–C–N with tert-alkyl or cyclic N) is 1. The summed E-state index contributed by atoms with van der Waals surface area (Å²) in [7, 11) is 1.79. The van der Waals surface area contributed by atoms with Gasteiger partial charge in [0.15, 0.2) is 5.82 Å². The van der Waals surface area contributed by atoms with Crippen molar-refractivity contribution in [3.8, 4) is 0 Å². The predicted molar refractivity (Wildman–Crippen MR) is 90.1 cm³/mol. The van der Waals surface area contributed by atoms with Crippen molar-refractivity contribution in [1.82, 2.24) is 19.7 Å². The van der Waals surface area contributed by atoms with Crippen molar-refractivity contribution in [3.63, 3.8) is 0 Å². The first kappa shape index (κ1) is 16.2. The molecule has 0 saturated carbocycles. The molecule has 2 heterocycles. The molecule has 0 bridgehead atoms. The van der Waals surface area contributed by atoms with Crippen LogP contribution in [0, 0.1) is 0 Å². The van der Waals surface area contributed by atoms with Crippen LogP contribution in [0.4, 0.5) is 5.95 Å². The van der Waals surface area contributed by atoms with Crippen LogP contribution in [0.3, 0.4) is 0 Å². The number of aliphatic hydroxyl groups excluding tert-OH is 1. The smallest absolute Gasteiger partial charge is 0.218 e. The lowest BCUT2D eigenvalue weighted by Gasteiger charge is -2.25. The van der Waals surface area contributed by atoms with Crippen molar-refractivity contribution in [2.45, 2.75) is 31.4 Å². The van der Waals surface area contributed by atoms with Gasteiger partial charge in [-0.25, -0.2) is 4.68 Å². The van der Waals surface area contributed by atoms with Gasteiger partial charge in [0, 0.05) is 18.6 Å². The number of rotatable bonds is 5. The minimum absolute atomic E-state index is 0.132. The fourth-order valence-electron chi connectivity index (χ4n) is 3.17. The van der Waals surface area contributed by atoms with Crippen molar-refractivity contribution in [2.75, 3.05) is 18.8 Å². The molecular weight excluding hydrogens is 314 g/mol. The van der Waals surface area contributed by atoms with Crippen molar-refractivity contribution in [2.24, 2.45) is 7.05 Å². The Morgan fingerprint density at radius 2 is 2.30 bits per heavy atom. The van der Waals surface area contributed by atoms with E-state index in [2.05, 4.69) is 15.0 Å². The molecule has 23 heavy (non-hydrogen) atoms. The van der Waals surface area contributed by atoms with Crippen LogP contribution in [0.1, 0.15) is 30.3 Å². The van der Waals surface area contributed by atoms with Crippen molar-refractivity contribution in [1.29, 1.82) is 0 Å². The Kier molecular flexibility index (Phi) is 4.84. The van der Waals surface area contributed by atoms with Gasteiger partial charge in [-0.05, 0) is 43.5 Å². The zero-order valence-electron chi connectivity index (χ0n) is 13.2. The van der Waals surface area contributed by atoms with Crippen molar-refractivity contribution >= 4 is 17.5 Å². The maximum absolute atomic E-state index is 10.4. The second-order valence-corrected chi connectivity index (χ2v) is 6.53. The van der Waals surface area contributed by atoms with E-state index in [1.807, 2.05) is 24.3 Å². The number of aryl methyl sites for hydroxylation is 1. The van der Waals surface area contributed by atoms with E-state index in [1.165, 1.54) is 0 Å². The Bertz CT molecular complexity index is 655. The summed E-state index contributed by atoms with van der Waals surface area (Å²) in [6.45, 7) is 1.53. The molecule has 1 fully saturated rings. The molecule has 1 aromatic carbocycles. The van der Waals surface area contributed by atoms with Gasteiger partial charge in [-0.1, -0.05) is 23.7 Å². The molecule has 0 radical (unpaired) electrons. The number of hydrogen-bond donors (Lipinski definition) is 2. The second kappa shape index (κ2) is 6.86. The van der Waals surface area contributed by atoms with Crippen molar-refractivity contribution in [3.05, 3.63) is 40.7 Å². The average molecular weight is 336 g/mol. The first-order valence-corrected chi connectivity index (χ1v) is 8.23. The molecule has 1 aliphatic rings. The molecular formula is C16H22ClN5O. The highest BCUT2D eigenvalue weighted by molar-refractivity contribution is 6.30. The molecule has 2 unspecified atom stereocenters. The van der Waals surface area contributed by atoms with Gasteiger partial charge in [0.2, 0.25) is 5.95 Å². The third-order valence-corrected chi connectivity index (χ3v) is 4.52. The summed E-state index contributed by atoms with van der Waals surface area (Å²) in [6, 6.07) is 7.76. The van der Waals surface area contributed by atoms with E-state index >= 15 is 0 Å². The normalized spacial score (nSPS) is 20.0. The summed E-state index contributed by atoms with van der Waals surface area (Å²) in [6.07, 6.45) is 2.21. The van der Waals surface area contributed by atoms with Gasteiger partial charge in [0.25, 0.3) is 0 Å². The summed E-state index contributed by atoms with van der Waals surface area (Å²) in [5, 5.41) is 15.5. The lowest BCUT2D eigenvalue weighted by molar-refractivity contribution is 0.104. The van der Waals surface area contributed by atoms with Crippen LogP contribution in [0.5, 0.6) is 0 Å². The Hall–Kier alpha value is -1.63. The SMILES string of the molecule is Cn1nc(C2CCCN2CC(O)Cc2cccc(Cl)c2)nc1N. The zero-order valence-corrected chi connectivity index (χ0v) is 13.9. The maximum atomic E-state index is 10.4. The van der Waals surface area contributed by atoms with E-state index in [1.54, 1.807) is 11.7 Å². The summed E-state index contributed by atoms with van der Waals surface area (Å²) in [4.78, 5) is 6.57. The number of anilines is 1. The van der Waals surface area contributed by atoms with E-state index < -0.39 is 6.10 Å². The Morgan fingerprint density at radius 3 is 3.00 bits per heavy atom. The van der Waals surface area contributed by atoms with Crippen LogP contribution in [-0.2, 0) is 13.5 Å². The number of nitrogen functional groups attached to an aromatic ring is 1. The summed E-state index contributed by atoms with van der Waals surface area (Å²) < 4.78 is 1.59. The number of nitrogens with two attached hydrogens (primary N) is 1. The third-order valence-electron chi connectivity index (χ3n) is 4.28. The van der Waals surface area contributed by atoms with Gasteiger partial charge in [-0.15, -0.1) is 0 Å². The lowest BCUT2D eigenvalue weighted by atomic mass is 10.1. The Balaban J connectivity index is 1.64. The van der Waals surface area contributed by atoms with Crippen molar-refractivity contribution < 1.29 is 5.11 Å². The molecule has 124 valence electrons. The molecule has 7 heteroatoms. The largest absolute Gasteiger partial charge is 0.391 e. The van der Waals surface area contributed by atoms with Crippen LogP contribution >= 0.6 is 11.6 Å². The monoisotopic (exact) mass is 335 g/mol. The van der Waals surface area contributed by atoms with E-state index in [0.29, 0.717) is 23.9 Å². The molecule has 2 atom stereocenters. The molecule has 0 aliphatic carbocycles. The topological polar surface area (TPSA) is 80.2 Å². The van der Waals surface area contributed by atoms with Crippen LogP contribution in [0.25, 0.3) is 0 Å². The molecule has 0 amide bonds. The first-order valence-electron chi connectivity index (χ1n) is 7.86. The number of aliphatic hydroxyl groups is 1. The third kappa shape index (κ3) is 3.83. The zero-order chi connectivity index (χ0) is 16.4. The van der Waals surface area contributed by atoms with Gasteiger partial charge < -0.3 is 10.8 Å². The molecule has 3 rings (SSSR count). The molecule has 3 N–H and O–H groups in total. The van der Waals surface area contributed by atoms with E-state index in [0.717, 1.165) is 30.8 Å². The van der Waals surface area contributed by atoms with Gasteiger partial charge in [-0.2, -0.15) is 10.1 Å². The maximum Gasteiger partial charge on any atom is 0.218 e. The number of hydrogen-bond acceptors (Lipinski definition) is 5. The summed E-state index contributed by atoms with van der Waals surface area (Å²) in [5.74, 6) is 1.17. The molecule has 2 aromatic rings. The van der Waals surface area contributed by atoms with Gasteiger partial charge in [0.05, 0.1) is 12.1 Å². The molecule has 1 aromatic heterocycles.